The van der Waals surface area contributed by atoms with Crippen molar-refractivity contribution in [1.82, 2.24) is 10.3 Å². The molecule has 3 aromatic rings. The molecule has 0 aliphatic rings. The SMILES string of the molecule is CNC(=O)c1cc(NC(C)=O)cc(-c2ccc3ccc(OC)c(NCC(C)(C)C#N)c3c2)n1. The number of fused-ring (bicyclic) bond motifs is 1. The minimum absolute atomic E-state index is 0.193. The molecule has 0 unspecified atom stereocenters. The van der Waals surface area contributed by atoms with Gasteiger partial charge in [0.1, 0.15) is 11.4 Å². The number of nitriles is 1. The number of pyridine rings is 1. The maximum Gasteiger partial charge on any atom is 0.269 e. The van der Waals surface area contributed by atoms with Crippen molar-refractivity contribution < 1.29 is 14.3 Å². The minimum atomic E-state index is -0.568. The average molecular weight is 446 g/mol. The van der Waals surface area contributed by atoms with Crippen molar-refractivity contribution in [3.05, 3.63) is 48.2 Å². The van der Waals surface area contributed by atoms with Crippen LogP contribution >= 0.6 is 0 Å². The van der Waals surface area contributed by atoms with Crippen LogP contribution in [0.3, 0.4) is 0 Å². The Morgan fingerprint density at radius 1 is 1.15 bits per heavy atom. The van der Waals surface area contributed by atoms with Crippen LogP contribution in [-0.4, -0.2) is 37.5 Å². The number of aromatic nitrogens is 1. The molecule has 0 bridgehead atoms. The summed E-state index contributed by atoms with van der Waals surface area (Å²) in [6.45, 7) is 5.56. The normalized spacial score (nSPS) is 10.9. The third-order valence-corrected chi connectivity index (χ3v) is 5.11. The molecule has 33 heavy (non-hydrogen) atoms. The van der Waals surface area contributed by atoms with Gasteiger partial charge in [0.25, 0.3) is 5.91 Å². The van der Waals surface area contributed by atoms with Crippen LogP contribution in [-0.2, 0) is 4.79 Å². The van der Waals surface area contributed by atoms with Gasteiger partial charge in [0.2, 0.25) is 5.91 Å². The number of carbonyl (C=O) groups excluding carboxylic acids is 2. The number of carbonyl (C=O) groups is 2. The standard InChI is InChI=1S/C25H27N5O3/c1-15(31)29-18-11-20(30-21(12-18)24(32)27-4)17-7-6-16-8-9-22(33-5)23(19(16)10-17)28-14-25(2,3)13-26/h6-12,28H,14H2,1-5H3,(H,27,32)(H,29,30,31). The van der Waals surface area contributed by atoms with Gasteiger partial charge in [-0.1, -0.05) is 18.2 Å². The Morgan fingerprint density at radius 3 is 2.52 bits per heavy atom. The van der Waals surface area contributed by atoms with Gasteiger partial charge in [-0.05, 0) is 43.5 Å². The zero-order valence-electron chi connectivity index (χ0n) is 19.4. The van der Waals surface area contributed by atoms with Crippen LogP contribution in [0, 0.1) is 16.7 Å². The van der Waals surface area contributed by atoms with E-state index in [-0.39, 0.29) is 17.5 Å². The van der Waals surface area contributed by atoms with E-state index in [4.69, 9.17) is 4.74 Å². The molecule has 0 aliphatic heterocycles. The number of rotatable bonds is 7. The van der Waals surface area contributed by atoms with Crippen LogP contribution < -0.4 is 20.7 Å². The highest BCUT2D eigenvalue weighted by atomic mass is 16.5. The highest BCUT2D eigenvalue weighted by molar-refractivity contribution is 6.00. The molecule has 0 aliphatic carbocycles. The summed E-state index contributed by atoms with van der Waals surface area (Å²) in [6.07, 6.45) is 0. The van der Waals surface area contributed by atoms with Gasteiger partial charge in [-0.25, -0.2) is 4.98 Å². The Morgan fingerprint density at radius 2 is 1.88 bits per heavy atom. The minimum Gasteiger partial charge on any atom is -0.495 e. The number of nitrogens with one attached hydrogen (secondary N) is 3. The van der Waals surface area contributed by atoms with Crippen molar-refractivity contribution in [2.75, 3.05) is 31.3 Å². The summed E-state index contributed by atoms with van der Waals surface area (Å²) in [5, 5.41) is 19.9. The van der Waals surface area contributed by atoms with Gasteiger partial charge >= 0.3 is 0 Å². The number of methoxy groups -OCH3 is 1. The molecule has 1 aromatic heterocycles. The molecule has 0 saturated heterocycles. The quantitative estimate of drug-likeness (QED) is 0.502. The summed E-state index contributed by atoms with van der Waals surface area (Å²) in [7, 11) is 3.12. The van der Waals surface area contributed by atoms with Crippen LogP contribution in [0.5, 0.6) is 5.75 Å². The molecule has 1 heterocycles. The van der Waals surface area contributed by atoms with Gasteiger partial charge in [-0.15, -0.1) is 0 Å². The van der Waals surface area contributed by atoms with E-state index in [1.807, 2.05) is 44.2 Å². The lowest BCUT2D eigenvalue weighted by Gasteiger charge is -2.20. The maximum absolute atomic E-state index is 12.3. The molecule has 8 nitrogen and oxygen atoms in total. The average Bonchev–Trinajstić information content (AvgIpc) is 2.80. The molecule has 3 rings (SSSR count). The van der Waals surface area contributed by atoms with E-state index < -0.39 is 5.41 Å². The highest BCUT2D eigenvalue weighted by Crippen LogP contribution is 2.36. The summed E-state index contributed by atoms with van der Waals surface area (Å²) in [5.41, 5.74) is 2.17. The Labute approximate surface area is 193 Å². The van der Waals surface area contributed by atoms with Crippen molar-refractivity contribution in [1.29, 1.82) is 5.26 Å². The molecule has 2 amide bonds. The molecular weight excluding hydrogens is 418 g/mol. The topological polar surface area (TPSA) is 116 Å². The van der Waals surface area contributed by atoms with Crippen LogP contribution in [0.25, 0.3) is 22.0 Å². The highest BCUT2D eigenvalue weighted by Gasteiger charge is 2.19. The number of ether oxygens (including phenoxy) is 1. The van der Waals surface area contributed by atoms with E-state index in [0.29, 0.717) is 23.7 Å². The Kier molecular flexibility index (Phi) is 6.83. The lowest BCUT2D eigenvalue weighted by molar-refractivity contribution is -0.114. The lowest BCUT2D eigenvalue weighted by Crippen LogP contribution is -2.21. The summed E-state index contributed by atoms with van der Waals surface area (Å²) in [5.74, 6) is 0.0521. The first-order chi connectivity index (χ1) is 15.7. The number of nitrogens with zero attached hydrogens (tertiary/aromatic N) is 2. The van der Waals surface area contributed by atoms with E-state index in [1.165, 1.54) is 20.0 Å². The van der Waals surface area contributed by atoms with Gasteiger partial charge in [-0.2, -0.15) is 5.26 Å². The predicted octanol–water partition coefficient (Wildman–Crippen LogP) is 4.19. The van der Waals surface area contributed by atoms with E-state index in [9.17, 15) is 14.9 Å². The summed E-state index contributed by atoms with van der Waals surface area (Å²) >= 11 is 0. The zero-order valence-corrected chi connectivity index (χ0v) is 19.4. The van der Waals surface area contributed by atoms with Crippen LogP contribution in [0.4, 0.5) is 11.4 Å². The Hall–Kier alpha value is -4.12. The fraction of sp³-hybridized carbons (Fsp3) is 0.280. The molecule has 0 radical (unpaired) electrons. The number of hydrogen-bond donors (Lipinski definition) is 3. The summed E-state index contributed by atoms with van der Waals surface area (Å²) in [4.78, 5) is 28.4. The second-order valence-electron chi connectivity index (χ2n) is 8.31. The zero-order chi connectivity index (χ0) is 24.2. The molecule has 0 fully saturated rings. The molecule has 0 spiro atoms. The third kappa shape index (κ3) is 5.39. The summed E-state index contributed by atoms with van der Waals surface area (Å²) in [6, 6.07) is 15.2. The third-order valence-electron chi connectivity index (χ3n) is 5.11. The fourth-order valence-electron chi connectivity index (χ4n) is 3.36. The molecule has 2 aromatic carbocycles. The van der Waals surface area contributed by atoms with Gasteiger partial charge in [-0.3, -0.25) is 9.59 Å². The van der Waals surface area contributed by atoms with E-state index >= 15 is 0 Å². The van der Waals surface area contributed by atoms with Gasteiger partial charge in [0, 0.05) is 37.2 Å². The van der Waals surface area contributed by atoms with Gasteiger partial charge in [0.15, 0.2) is 0 Å². The van der Waals surface area contributed by atoms with Crippen molar-refractivity contribution in [2.45, 2.75) is 20.8 Å². The predicted molar refractivity (Wildman–Crippen MR) is 129 cm³/mol. The Bertz CT molecular complexity index is 1260. The van der Waals surface area contributed by atoms with Gasteiger partial charge in [0.05, 0.1) is 30.0 Å². The number of amides is 2. The van der Waals surface area contributed by atoms with E-state index in [2.05, 4.69) is 27.0 Å². The first-order valence-electron chi connectivity index (χ1n) is 10.5. The first kappa shape index (κ1) is 23.5. The summed E-state index contributed by atoms with van der Waals surface area (Å²) < 4.78 is 5.56. The second-order valence-corrected chi connectivity index (χ2v) is 8.31. The number of hydrogen-bond acceptors (Lipinski definition) is 6. The molecular formula is C25H27N5O3. The molecule has 170 valence electrons. The van der Waals surface area contributed by atoms with E-state index in [0.717, 1.165) is 22.0 Å². The van der Waals surface area contributed by atoms with Crippen molar-refractivity contribution in [3.63, 3.8) is 0 Å². The molecule has 8 heteroatoms. The largest absolute Gasteiger partial charge is 0.495 e. The van der Waals surface area contributed by atoms with Crippen molar-refractivity contribution in [2.24, 2.45) is 5.41 Å². The maximum atomic E-state index is 12.3. The second kappa shape index (κ2) is 9.57. The molecule has 0 saturated carbocycles. The molecule has 3 N–H and O–H groups in total. The Balaban J connectivity index is 2.16. The van der Waals surface area contributed by atoms with Crippen molar-refractivity contribution >= 4 is 34.0 Å². The van der Waals surface area contributed by atoms with Crippen LogP contribution in [0.1, 0.15) is 31.3 Å². The van der Waals surface area contributed by atoms with Crippen molar-refractivity contribution in [3.8, 4) is 23.1 Å². The van der Waals surface area contributed by atoms with Gasteiger partial charge < -0.3 is 20.7 Å². The van der Waals surface area contributed by atoms with Crippen LogP contribution in [0.2, 0.25) is 0 Å². The monoisotopic (exact) mass is 445 g/mol. The smallest absolute Gasteiger partial charge is 0.269 e. The fourth-order valence-corrected chi connectivity index (χ4v) is 3.36. The first-order valence-corrected chi connectivity index (χ1v) is 10.5. The lowest BCUT2D eigenvalue weighted by atomic mass is 9.95. The molecule has 0 atom stereocenters. The van der Waals surface area contributed by atoms with E-state index in [1.54, 1.807) is 13.2 Å². The number of anilines is 2. The number of benzene rings is 2. The van der Waals surface area contributed by atoms with Crippen LogP contribution in [0.15, 0.2) is 42.5 Å².